The van der Waals surface area contributed by atoms with E-state index in [0.717, 1.165) is 18.2 Å². The van der Waals surface area contributed by atoms with Gasteiger partial charge in [0.1, 0.15) is 11.5 Å². The number of pyridine rings is 1. The van der Waals surface area contributed by atoms with Gasteiger partial charge in [0.15, 0.2) is 0 Å². The number of amides is 1. The maximum atomic E-state index is 13.5. The fourth-order valence-corrected chi connectivity index (χ4v) is 5.11. The van der Waals surface area contributed by atoms with Crippen LogP contribution < -0.4 is 20.3 Å². The summed E-state index contributed by atoms with van der Waals surface area (Å²) < 4.78 is 48.4. The summed E-state index contributed by atoms with van der Waals surface area (Å²) in [5.41, 5.74) is 1.19. The molecule has 0 saturated heterocycles. The number of hydrogen-bond acceptors (Lipinski definition) is 7. The second-order valence-electron chi connectivity index (χ2n) is 8.41. The number of carbonyl (C=O) groups is 1. The number of benzene rings is 2. The lowest BCUT2D eigenvalue weighted by molar-refractivity contribution is -0.124. The zero-order valence-electron chi connectivity index (χ0n) is 20.5. The molecule has 1 atom stereocenters. The van der Waals surface area contributed by atoms with E-state index in [1.807, 2.05) is 0 Å². The zero-order chi connectivity index (χ0) is 27.6. The predicted octanol–water partition coefficient (Wildman–Crippen LogP) is 3.44. The molecule has 0 aliphatic carbocycles. The molecule has 2 aromatic carbocycles. The topological polar surface area (TPSA) is 132 Å². The number of rotatable bonds is 8. The highest BCUT2D eigenvalue weighted by atomic mass is 35.5. The lowest BCUT2D eigenvalue weighted by atomic mass is 10.0. The second kappa shape index (κ2) is 10.8. The van der Waals surface area contributed by atoms with Gasteiger partial charge in [-0.2, -0.15) is 0 Å². The standard InChI is InChI=1S/C25H23ClFN5O5S/c1-14(23(33)28-2)12-32-13-30-21-7-4-15(8-18(21)25(32)34)16-9-22(24(37-3)29-11-16)31-38(35,36)17-5-6-20(27)19(26)10-17/h4-11,13-14,31H,12H2,1-3H3,(H,28,33)/t14-/m1/s1. The van der Waals surface area contributed by atoms with Crippen LogP contribution in [-0.4, -0.2) is 43.0 Å². The van der Waals surface area contributed by atoms with Gasteiger partial charge in [-0.15, -0.1) is 0 Å². The third-order valence-corrected chi connectivity index (χ3v) is 7.46. The first-order valence-corrected chi connectivity index (χ1v) is 13.1. The van der Waals surface area contributed by atoms with Crippen molar-refractivity contribution in [3.63, 3.8) is 0 Å². The highest BCUT2D eigenvalue weighted by Gasteiger charge is 2.20. The molecule has 0 spiro atoms. The normalized spacial score (nSPS) is 12.2. The second-order valence-corrected chi connectivity index (χ2v) is 10.5. The molecule has 13 heteroatoms. The summed E-state index contributed by atoms with van der Waals surface area (Å²) in [6.07, 6.45) is 2.86. The van der Waals surface area contributed by atoms with E-state index in [4.69, 9.17) is 16.3 Å². The first kappa shape index (κ1) is 27.0. The highest BCUT2D eigenvalue weighted by Crippen LogP contribution is 2.31. The molecular formula is C25H23ClFN5O5S. The van der Waals surface area contributed by atoms with E-state index in [-0.39, 0.29) is 39.5 Å². The number of halogens is 2. The number of fused-ring (bicyclic) bond motifs is 1. The van der Waals surface area contributed by atoms with Gasteiger partial charge in [0.25, 0.3) is 15.6 Å². The van der Waals surface area contributed by atoms with Crippen LogP contribution in [0.1, 0.15) is 6.92 Å². The van der Waals surface area contributed by atoms with E-state index >= 15 is 0 Å². The molecule has 1 amide bonds. The minimum Gasteiger partial charge on any atom is -0.480 e. The van der Waals surface area contributed by atoms with Crippen molar-refractivity contribution < 1.29 is 22.3 Å². The van der Waals surface area contributed by atoms with Crippen molar-refractivity contribution in [2.45, 2.75) is 18.4 Å². The smallest absolute Gasteiger partial charge is 0.262 e. The number of methoxy groups -OCH3 is 1. The SMILES string of the molecule is CNC(=O)[C@H](C)Cn1cnc2ccc(-c3cnc(OC)c(NS(=O)(=O)c4ccc(F)c(Cl)c4)c3)cc2c1=O. The van der Waals surface area contributed by atoms with Gasteiger partial charge >= 0.3 is 0 Å². The number of sulfonamides is 1. The molecule has 0 saturated carbocycles. The summed E-state index contributed by atoms with van der Waals surface area (Å²) in [5, 5.41) is 2.53. The fourth-order valence-electron chi connectivity index (χ4n) is 3.79. The Morgan fingerprint density at radius 3 is 2.61 bits per heavy atom. The van der Waals surface area contributed by atoms with Crippen molar-refractivity contribution in [3.05, 3.63) is 76.2 Å². The number of anilines is 1. The van der Waals surface area contributed by atoms with Crippen molar-refractivity contribution in [1.29, 1.82) is 0 Å². The van der Waals surface area contributed by atoms with Gasteiger partial charge < -0.3 is 10.1 Å². The van der Waals surface area contributed by atoms with Crippen LogP contribution >= 0.6 is 11.6 Å². The van der Waals surface area contributed by atoms with Gasteiger partial charge in [0, 0.05) is 25.4 Å². The van der Waals surface area contributed by atoms with Gasteiger partial charge in [-0.05, 0) is 42.0 Å². The average Bonchev–Trinajstić information content (AvgIpc) is 2.90. The first-order chi connectivity index (χ1) is 18.0. The molecule has 2 aromatic heterocycles. The maximum absolute atomic E-state index is 13.5. The summed E-state index contributed by atoms with van der Waals surface area (Å²) in [6, 6.07) is 9.52. The molecule has 4 rings (SSSR count). The molecule has 0 bridgehead atoms. The molecule has 10 nitrogen and oxygen atoms in total. The van der Waals surface area contributed by atoms with Crippen LogP contribution in [0.25, 0.3) is 22.0 Å². The van der Waals surface area contributed by atoms with Crippen LogP contribution in [0.15, 0.2) is 64.7 Å². The van der Waals surface area contributed by atoms with E-state index in [1.165, 1.54) is 37.3 Å². The zero-order valence-corrected chi connectivity index (χ0v) is 22.1. The van der Waals surface area contributed by atoms with Gasteiger partial charge in [0.05, 0.1) is 40.2 Å². The molecule has 0 fully saturated rings. The van der Waals surface area contributed by atoms with E-state index < -0.39 is 21.8 Å². The quantitative estimate of drug-likeness (QED) is 0.338. The van der Waals surface area contributed by atoms with Crippen LogP contribution in [0, 0.1) is 11.7 Å². The molecule has 4 aromatic rings. The fraction of sp³-hybridized carbons (Fsp3) is 0.200. The summed E-state index contributed by atoms with van der Waals surface area (Å²) in [4.78, 5) is 33.3. The molecule has 2 heterocycles. The lowest BCUT2D eigenvalue weighted by Gasteiger charge is -2.14. The molecule has 198 valence electrons. The van der Waals surface area contributed by atoms with Crippen molar-refractivity contribution in [2.75, 3.05) is 18.9 Å². The van der Waals surface area contributed by atoms with E-state index in [1.54, 1.807) is 25.1 Å². The van der Waals surface area contributed by atoms with Gasteiger partial charge in [-0.1, -0.05) is 24.6 Å². The molecule has 0 unspecified atom stereocenters. The molecular weight excluding hydrogens is 537 g/mol. The van der Waals surface area contributed by atoms with Crippen molar-refractivity contribution in [2.24, 2.45) is 5.92 Å². The lowest BCUT2D eigenvalue weighted by Crippen LogP contribution is -2.32. The predicted molar refractivity (Wildman–Crippen MR) is 141 cm³/mol. The summed E-state index contributed by atoms with van der Waals surface area (Å²) in [6.45, 7) is 1.85. The minimum atomic E-state index is -4.17. The number of hydrogen-bond donors (Lipinski definition) is 2. The summed E-state index contributed by atoms with van der Waals surface area (Å²) in [5.74, 6) is -1.40. The van der Waals surface area contributed by atoms with Crippen LogP contribution in [-0.2, 0) is 21.4 Å². The first-order valence-electron chi connectivity index (χ1n) is 11.3. The number of carbonyl (C=O) groups excluding carboxylic acids is 1. The maximum Gasteiger partial charge on any atom is 0.262 e. The molecule has 0 aliphatic heterocycles. The Labute approximate surface area is 222 Å². The number of ether oxygens (including phenoxy) is 1. The van der Waals surface area contributed by atoms with E-state index in [0.29, 0.717) is 22.0 Å². The summed E-state index contributed by atoms with van der Waals surface area (Å²) in [7, 11) is -1.31. The van der Waals surface area contributed by atoms with Crippen molar-refractivity contribution in [3.8, 4) is 17.0 Å². The molecule has 2 N–H and O–H groups in total. The third-order valence-electron chi connectivity index (χ3n) is 5.81. The Hall–Kier alpha value is -4.03. The Kier molecular flexibility index (Phi) is 7.65. The Morgan fingerprint density at radius 2 is 1.92 bits per heavy atom. The van der Waals surface area contributed by atoms with Crippen LogP contribution in [0.3, 0.4) is 0 Å². The summed E-state index contributed by atoms with van der Waals surface area (Å²) >= 11 is 5.75. The Morgan fingerprint density at radius 1 is 1.16 bits per heavy atom. The van der Waals surface area contributed by atoms with Gasteiger partial charge in [-0.3, -0.25) is 18.9 Å². The van der Waals surface area contributed by atoms with E-state index in [2.05, 4.69) is 20.0 Å². The van der Waals surface area contributed by atoms with Crippen molar-refractivity contribution in [1.82, 2.24) is 19.9 Å². The van der Waals surface area contributed by atoms with Crippen LogP contribution in [0.2, 0.25) is 5.02 Å². The molecule has 0 radical (unpaired) electrons. The largest absolute Gasteiger partial charge is 0.480 e. The Bertz CT molecular complexity index is 1710. The third kappa shape index (κ3) is 5.46. The number of nitrogens with one attached hydrogen (secondary N) is 2. The molecule has 0 aliphatic rings. The van der Waals surface area contributed by atoms with Gasteiger partial charge in [-0.25, -0.2) is 22.8 Å². The number of aromatic nitrogens is 3. The van der Waals surface area contributed by atoms with Crippen LogP contribution in [0.5, 0.6) is 5.88 Å². The van der Waals surface area contributed by atoms with Crippen molar-refractivity contribution >= 4 is 44.1 Å². The highest BCUT2D eigenvalue weighted by molar-refractivity contribution is 7.92. The van der Waals surface area contributed by atoms with Crippen LogP contribution in [0.4, 0.5) is 10.1 Å². The average molecular weight is 560 g/mol. The monoisotopic (exact) mass is 559 g/mol. The molecule has 38 heavy (non-hydrogen) atoms. The Balaban J connectivity index is 1.73. The van der Waals surface area contributed by atoms with Gasteiger partial charge in [0.2, 0.25) is 11.8 Å². The van der Waals surface area contributed by atoms with E-state index in [9.17, 15) is 22.4 Å². The minimum absolute atomic E-state index is 0.00136. The number of nitrogens with zero attached hydrogens (tertiary/aromatic N) is 3.